The van der Waals surface area contributed by atoms with Crippen LogP contribution < -0.4 is 21.4 Å². The van der Waals surface area contributed by atoms with Crippen molar-refractivity contribution >= 4 is 50.9 Å². The standard InChI is InChI=1S/C21H18BrClN6O4/c1-28-18-16(19(31)26-21(28)32)29(10-11-3-5-13(23)6-4-11)20(25-18)27-24-9-12-7-14(22)17(30)15(8-12)33-2/h3-9,30H,10H2,1-2H3,(H,25,27)(H,26,31,32)/b24-9+. The number of phenols is 1. The number of hydrogen-bond acceptors (Lipinski definition) is 7. The van der Waals surface area contributed by atoms with Gasteiger partial charge in [-0.05, 0) is 51.3 Å². The average molecular weight is 534 g/mol. The van der Waals surface area contributed by atoms with Gasteiger partial charge < -0.3 is 9.84 Å². The zero-order valence-corrected chi connectivity index (χ0v) is 19.8. The Bertz CT molecular complexity index is 1490. The molecule has 4 rings (SSSR count). The first kappa shape index (κ1) is 22.6. The number of phenolic OH excluding ortho intramolecular Hbond substituents is 1. The smallest absolute Gasteiger partial charge is 0.329 e. The van der Waals surface area contributed by atoms with Crippen LogP contribution in [0.1, 0.15) is 11.1 Å². The number of benzene rings is 2. The zero-order valence-electron chi connectivity index (χ0n) is 17.5. The Morgan fingerprint density at radius 2 is 2.03 bits per heavy atom. The topological polar surface area (TPSA) is 127 Å². The van der Waals surface area contributed by atoms with Gasteiger partial charge in [0.05, 0.1) is 24.3 Å². The maximum Gasteiger partial charge on any atom is 0.329 e. The monoisotopic (exact) mass is 532 g/mol. The average Bonchev–Trinajstić information content (AvgIpc) is 3.14. The van der Waals surface area contributed by atoms with Gasteiger partial charge in [-0.25, -0.2) is 10.2 Å². The van der Waals surface area contributed by atoms with E-state index in [0.29, 0.717) is 15.1 Å². The Balaban J connectivity index is 1.76. The molecule has 4 aromatic rings. The van der Waals surface area contributed by atoms with Crippen molar-refractivity contribution in [3.8, 4) is 11.5 Å². The van der Waals surface area contributed by atoms with Crippen molar-refractivity contribution in [1.29, 1.82) is 0 Å². The molecule has 10 nitrogen and oxygen atoms in total. The van der Waals surface area contributed by atoms with Crippen molar-refractivity contribution in [2.75, 3.05) is 12.5 Å². The van der Waals surface area contributed by atoms with Crippen molar-refractivity contribution < 1.29 is 9.84 Å². The minimum atomic E-state index is -0.570. The van der Waals surface area contributed by atoms with Gasteiger partial charge in [-0.3, -0.25) is 18.9 Å². The summed E-state index contributed by atoms with van der Waals surface area (Å²) in [6, 6.07) is 10.4. The maximum absolute atomic E-state index is 12.6. The summed E-state index contributed by atoms with van der Waals surface area (Å²) in [4.78, 5) is 31.4. The third-order valence-electron chi connectivity index (χ3n) is 4.91. The molecule has 0 bridgehead atoms. The predicted molar refractivity (Wildman–Crippen MR) is 130 cm³/mol. The van der Waals surface area contributed by atoms with Crippen molar-refractivity contribution in [1.82, 2.24) is 19.1 Å². The third-order valence-corrected chi connectivity index (χ3v) is 5.77. The molecule has 0 radical (unpaired) electrons. The number of aromatic hydroxyl groups is 1. The van der Waals surface area contributed by atoms with Crippen LogP contribution in [0, 0.1) is 0 Å². The van der Waals surface area contributed by atoms with E-state index in [-0.39, 0.29) is 35.2 Å². The number of methoxy groups -OCH3 is 1. The lowest BCUT2D eigenvalue weighted by Gasteiger charge is -2.09. The molecule has 33 heavy (non-hydrogen) atoms. The summed E-state index contributed by atoms with van der Waals surface area (Å²) in [5, 5.41) is 14.8. The second-order valence-electron chi connectivity index (χ2n) is 7.06. The fourth-order valence-corrected chi connectivity index (χ4v) is 3.82. The van der Waals surface area contributed by atoms with Crippen molar-refractivity contribution in [2.45, 2.75) is 6.54 Å². The van der Waals surface area contributed by atoms with Gasteiger partial charge in [0.2, 0.25) is 5.95 Å². The van der Waals surface area contributed by atoms with Crippen LogP contribution >= 0.6 is 27.5 Å². The van der Waals surface area contributed by atoms with E-state index in [1.165, 1.54) is 24.9 Å². The molecule has 0 unspecified atom stereocenters. The van der Waals surface area contributed by atoms with E-state index < -0.39 is 11.2 Å². The highest BCUT2D eigenvalue weighted by atomic mass is 79.9. The van der Waals surface area contributed by atoms with E-state index in [4.69, 9.17) is 16.3 Å². The first-order valence-electron chi connectivity index (χ1n) is 9.58. The Morgan fingerprint density at radius 1 is 1.30 bits per heavy atom. The molecule has 0 aliphatic heterocycles. The van der Waals surface area contributed by atoms with Gasteiger partial charge in [-0.1, -0.05) is 23.7 Å². The molecule has 2 aromatic carbocycles. The molecule has 2 heterocycles. The summed E-state index contributed by atoms with van der Waals surface area (Å²) in [6.07, 6.45) is 1.50. The van der Waals surface area contributed by atoms with Crippen LogP contribution in [0.5, 0.6) is 11.5 Å². The summed E-state index contributed by atoms with van der Waals surface area (Å²) in [5.74, 6) is 0.516. The van der Waals surface area contributed by atoms with Crippen LogP contribution in [-0.2, 0) is 13.6 Å². The van der Waals surface area contributed by atoms with Gasteiger partial charge in [0.15, 0.2) is 22.7 Å². The van der Waals surface area contributed by atoms with Crippen molar-refractivity contribution in [3.63, 3.8) is 0 Å². The number of aromatic amines is 1. The molecule has 12 heteroatoms. The lowest BCUT2D eigenvalue weighted by atomic mass is 10.2. The fourth-order valence-electron chi connectivity index (χ4n) is 3.23. The zero-order chi connectivity index (χ0) is 23.7. The minimum absolute atomic E-state index is 0.0208. The van der Waals surface area contributed by atoms with Gasteiger partial charge in [0.1, 0.15) is 0 Å². The first-order chi connectivity index (χ1) is 15.8. The molecule has 2 aromatic heterocycles. The van der Waals surface area contributed by atoms with E-state index >= 15 is 0 Å². The highest BCUT2D eigenvalue weighted by Gasteiger charge is 2.17. The van der Waals surface area contributed by atoms with Gasteiger partial charge in [-0.15, -0.1) is 0 Å². The number of H-pyrrole nitrogens is 1. The van der Waals surface area contributed by atoms with Crippen LogP contribution in [0.15, 0.2) is 55.6 Å². The second kappa shape index (κ2) is 9.12. The number of nitrogens with zero attached hydrogens (tertiary/aromatic N) is 4. The van der Waals surface area contributed by atoms with Crippen LogP contribution in [-0.4, -0.2) is 37.5 Å². The fraction of sp³-hybridized carbons (Fsp3) is 0.143. The molecule has 170 valence electrons. The van der Waals surface area contributed by atoms with Gasteiger partial charge >= 0.3 is 5.69 Å². The summed E-state index contributed by atoms with van der Waals surface area (Å²) in [6.45, 7) is 0.283. The number of halogens is 2. The molecule has 0 saturated carbocycles. The van der Waals surface area contributed by atoms with E-state index in [2.05, 4.69) is 36.4 Å². The number of aromatic nitrogens is 4. The number of hydrogen-bond donors (Lipinski definition) is 3. The summed E-state index contributed by atoms with van der Waals surface area (Å²) < 4.78 is 8.47. The van der Waals surface area contributed by atoms with Crippen molar-refractivity contribution in [2.24, 2.45) is 12.1 Å². The van der Waals surface area contributed by atoms with E-state index in [0.717, 1.165) is 5.56 Å². The van der Waals surface area contributed by atoms with E-state index in [1.54, 1.807) is 28.8 Å². The number of fused-ring (bicyclic) bond motifs is 1. The number of aryl methyl sites for hydroxylation is 1. The lowest BCUT2D eigenvalue weighted by molar-refractivity contribution is 0.372. The largest absolute Gasteiger partial charge is 0.503 e. The van der Waals surface area contributed by atoms with E-state index in [9.17, 15) is 14.7 Å². The molecule has 0 spiro atoms. The Hall–Kier alpha value is -3.57. The summed E-state index contributed by atoms with van der Waals surface area (Å²) in [7, 11) is 2.97. The van der Waals surface area contributed by atoms with Crippen LogP contribution in [0.3, 0.4) is 0 Å². The third kappa shape index (κ3) is 4.50. The first-order valence-corrected chi connectivity index (χ1v) is 10.7. The Morgan fingerprint density at radius 3 is 2.73 bits per heavy atom. The summed E-state index contributed by atoms with van der Waals surface area (Å²) in [5.41, 5.74) is 3.64. The number of hydrazone groups is 1. The molecule has 0 atom stereocenters. The predicted octanol–water partition coefficient (Wildman–Crippen LogP) is 3.05. The molecule has 0 aliphatic rings. The van der Waals surface area contributed by atoms with Crippen LogP contribution in [0.25, 0.3) is 11.2 Å². The highest BCUT2D eigenvalue weighted by molar-refractivity contribution is 9.10. The SMILES string of the molecule is COc1cc(/C=N/Nc2nc3c(c(=O)[nH]c(=O)n3C)n2Cc2ccc(Cl)cc2)cc(Br)c1O. The quantitative estimate of drug-likeness (QED) is 0.258. The highest BCUT2D eigenvalue weighted by Crippen LogP contribution is 2.34. The molecule has 0 amide bonds. The Labute approximate surface area is 200 Å². The van der Waals surface area contributed by atoms with Gasteiger partial charge in [-0.2, -0.15) is 10.1 Å². The molecule has 3 N–H and O–H groups in total. The van der Waals surface area contributed by atoms with E-state index in [1.807, 2.05) is 12.1 Å². The molecule has 0 aliphatic carbocycles. The van der Waals surface area contributed by atoms with Crippen LogP contribution in [0.2, 0.25) is 5.02 Å². The van der Waals surface area contributed by atoms with Gasteiger partial charge in [0.25, 0.3) is 5.56 Å². The normalized spacial score (nSPS) is 11.4. The molecular formula is C21H18BrClN6O4. The Kier molecular flexibility index (Phi) is 6.25. The number of anilines is 1. The van der Waals surface area contributed by atoms with Crippen molar-refractivity contribution in [3.05, 3.63) is 77.9 Å². The van der Waals surface area contributed by atoms with Crippen LogP contribution in [0.4, 0.5) is 5.95 Å². The second-order valence-corrected chi connectivity index (χ2v) is 8.35. The maximum atomic E-state index is 12.6. The molecular weight excluding hydrogens is 516 g/mol. The molecule has 0 saturated heterocycles. The lowest BCUT2D eigenvalue weighted by Crippen LogP contribution is -2.29. The number of nitrogens with one attached hydrogen (secondary N) is 2. The minimum Gasteiger partial charge on any atom is -0.503 e. The molecule has 0 fully saturated rings. The number of ether oxygens (including phenoxy) is 1. The summed E-state index contributed by atoms with van der Waals surface area (Å²) >= 11 is 9.25. The van der Waals surface area contributed by atoms with Gasteiger partial charge in [0, 0.05) is 12.1 Å². The number of imidazole rings is 1. The number of rotatable bonds is 6.